The first-order valence-corrected chi connectivity index (χ1v) is 7.57. The minimum Gasteiger partial charge on any atom is -0.497 e. The van der Waals surface area contributed by atoms with E-state index in [4.69, 9.17) is 18.9 Å². The molecule has 25 heavy (non-hydrogen) atoms. The van der Waals surface area contributed by atoms with Crippen LogP contribution in [0.5, 0.6) is 17.2 Å². The van der Waals surface area contributed by atoms with Crippen molar-refractivity contribution in [3.05, 3.63) is 53.1 Å². The molecule has 0 aliphatic rings. The van der Waals surface area contributed by atoms with Crippen LogP contribution >= 0.6 is 0 Å². The van der Waals surface area contributed by atoms with E-state index in [1.54, 1.807) is 36.4 Å². The Morgan fingerprint density at radius 2 is 1.60 bits per heavy atom. The third-order valence-corrected chi connectivity index (χ3v) is 3.67. The lowest BCUT2D eigenvalue weighted by atomic mass is 10.1. The Kier molecular flexibility index (Phi) is 6.00. The molecule has 2 aromatic carbocycles. The second kappa shape index (κ2) is 8.19. The molecule has 2 rings (SSSR count). The predicted octanol–water partition coefficient (Wildman–Crippen LogP) is 3.27. The lowest BCUT2D eigenvalue weighted by Crippen LogP contribution is -2.08. The first-order valence-electron chi connectivity index (χ1n) is 7.57. The molecule has 0 saturated heterocycles. The lowest BCUT2D eigenvalue weighted by molar-refractivity contribution is 0.0466. The van der Waals surface area contributed by atoms with E-state index in [1.165, 1.54) is 28.3 Å². The highest BCUT2D eigenvalue weighted by Gasteiger charge is 2.16. The van der Waals surface area contributed by atoms with E-state index >= 15 is 0 Å². The number of Topliss-reactive ketones (excluding diaryl/α,β-unsaturated/α-hetero) is 1. The van der Waals surface area contributed by atoms with Crippen molar-refractivity contribution in [2.24, 2.45) is 0 Å². The van der Waals surface area contributed by atoms with Crippen molar-refractivity contribution >= 4 is 11.8 Å². The topological polar surface area (TPSA) is 71.1 Å². The number of hydrogen-bond donors (Lipinski definition) is 0. The maximum Gasteiger partial charge on any atom is 0.342 e. The van der Waals surface area contributed by atoms with Gasteiger partial charge in [0.15, 0.2) is 5.78 Å². The molecule has 0 atom stereocenters. The largest absolute Gasteiger partial charge is 0.497 e. The summed E-state index contributed by atoms with van der Waals surface area (Å²) in [4.78, 5) is 23.9. The molecule has 2 aromatic rings. The Hall–Kier alpha value is -3.02. The van der Waals surface area contributed by atoms with Crippen LogP contribution in [0.4, 0.5) is 0 Å². The lowest BCUT2D eigenvalue weighted by Gasteiger charge is -2.12. The monoisotopic (exact) mass is 344 g/mol. The number of rotatable bonds is 7. The van der Waals surface area contributed by atoms with E-state index in [0.29, 0.717) is 28.4 Å². The molecule has 0 fully saturated rings. The zero-order chi connectivity index (χ0) is 18.4. The van der Waals surface area contributed by atoms with Crippen LogP contribution in [-0.4, -0.2) is 33.1 Å². The van der Waals surface area contributed by atoms with Crippen LogP contribution in [-0.2, 0) is 11.3 Å². The maximum atomic E-state index is 12.4. The first kappa shape index (κ1) is 18.3. The van der Waals surface area contributed by atoms with E-state index < -0.39 is 5.97 Å². The quantitative estimate of drug-likeness (QED) is 0.567. The normalized spacial score (nSPS) is 10.1. The van der Waals surface area contributed by atoms with Crippen molar-refractivity contribution in [3.63, 3.8) is 0 Å². The Balaban J connectivity index is 2.20. The number of carbonyl (C=O) groups excluding carboxylic acids is 2. The van der Waals surface area contributed by atoms with Crippen LogP contribution in [0.3, 0.4) is 0 Å². The van der Waals surface area contributed by atoms with Crippen molar-refractivity contribution in [2.45, 2.75) is 13.5 Å². The number of carbonyl (C=O) groups is 2. The van der Waals surface area contributed by atoms with Gasteiger partial charge >= 0.3 is 5.97 Å². The van der Waals surface area contributed by atoms with Gasteiger partial charge < -0.3 is 18.9 Å². The summed E-state index contributed by atoms with van der Waals surface area (Å²) in [5, 5.41) is 0. The Morgan fingerprint density at radius 1 is 0.880 bits per heavy atom. The number of esters is 1. The van der Waals surface area contributed by atoms with Gasteiger partial charge in [-0.2, -0.15) is 0 Å². The molecular weight excluding hydrogens is 324 g/mol. The molecule has 6 heteroatoms. The number of hydrogen-bond acceptors (Lipinski definition) is 6. The molecule has 0 radical (unpaired) electrons. The van der Waals surface area contributed by atoms with Crippen LogP contribution in [0.1, 0.15) is 33.2 Å². The smallest absolute Gasteiger partial charge is 0.342 e. The number of ether oxygens (including phenoxy) is 4. The van der Waals surface area contributed by atoms with Crippen LogP contribution in [0, 0.1) is 0 Å². The van der Waals surface area contributed by atoms with E-state index in [-0.39, 0.29) is 18.0 Å². The number of ketones is 1. The van der Waals surface area contributed by atoms with Crippen LogP contribution in [0.15, 0.2) is 36.4 Å². The summed E-state index contributed by atoms with van der Waals surface area (Å²) < 4.78 is 20.9. The van der Waals surface area contributed by atoms with Gasteiger partial charge in [0.1, 0.15) is 29.4 Å². The molecular formula is C19H20O6. The highest BCUT2D eigenvalue weighted by molar-refractivity contribution is 5.94. The summed E-state index contributed by atoms with van der Waals surface area (Å²) in [6, 6.07) is 9.82. The second-order valence-electron chi connectivity index (χ2n) is 5.23. The zero-order valence-corrected chi connectivity index (χ0v) is 14.6. The number of benzene rings is 2. The van der Waals surface area contributed by atoms with E-state index in [0.717, 1.165) is 0 Å². The zero-order valence-electron chi connectivity index (χ0n) is 14.6. The van der Waals surface area contributed by atoms with E-state index in [2.05, 4.69) is 0 Å². The van der Waals surface area contributed by atoms with Crippen LogP contribution in [0.25, 0.3) is 0 Å². The molecule has 6 nitrogen and oxygen atoms in total. The van der Waals surface area contributed by atoms with Crippen LogP contribution < -0.4 is 14.2 Å². The summed E-state index contributed by atoms with van der Waals surface area (Å²) in [5.41, 5.74) is 1.41. The summed E-state index contributed by atoms with van der Waals surface area (Å²) >= 11 is 0. The average molecular weight is 344 g/mol. The third kappa shape index (κ3) is 4.29. The van der Waals surface area contributed by atoms with Crippen molar-refractivity contribution in [1.29, 1.82) is 0 Å². The second-order valence-corrected chi connectivity index (χ2v) is 5.23. The molecule has 0 aliphatic carbocycles. The van der Waals surface area contributed by atoms with Crippen molar-refractivity contribution < 1.29 is 28.5 Å². The molecule has 0 aromatic heterocycles. The van der Waals surface area contributed by atoms with Gasteiger partial charge in [-0.3, -0.25) is 4.79 Å². The summed E-state index contributed by atoms with van der Waals surface area (Å²) in [6.07, 6.45) is 0. The van der Waals surface area contributed by atoms with Gasteiger partial charge in [-0.25, -0.2) is 4.79 Å². The van der Waals surface area contributed by atoms with Gasteiger partial charge in [-0.05, 0) is 37.3 Å². The highest BCUT2D eigenvalue weighted by atomic mass is 16.5. The standard InChI is InChI=1S/C19H20O6/c1-12(20)13-5-8-17(23-3)14(9-13)11-25-19(21)16-7-6-15(22-2)10-18(16)24-4/h5-10H,11H2,1-4H3. The molecule has 0 amide bonds. The minimum absolute atomic E-state index is 0.0295. The van der Waals surface area contributed by atoms with Crippen molar-refractivity contribution in [1.82, 2.24) is 0 Å². The van der Waals surface area contributed by atoms with Gasteiger partial charge in [0, 0.05) is 17.2 Å². The van der Waals surface area contributed by atoms with Gasteiger partial charge in [-0.1, -0.05) is 0 Å². The van der Waals surface area contributed by atoms with Gasteiger partial charge in [0.2, 0.25) is 0 Å². The van der Waals surface area contributed by atoms with Crippen LogP contribution in [0.2, 0.25) is 0 Å². The van der Waals surface area contributed by atoms with E-state index in [9.17, 15) is 9.59 Å². The maximum absolute atomic E-state index is 12.4. The molecule has 0 heterocycles. The third-order valence-electron chi connectivity index (χ3n) is 3.67. The molecule has 0 aliphatic heterocycles. The molecule has 132 valence electrons. The first-order chi connectivity index (χ1) is 12.0. The molecule has 0 saturated carbocycles. The molecule has 0 spiro atoms. The Bertz CT molecular complexity index is 781. The Morgan fingerprint density at radius 3 is 2.20 bits per heavy atom. The minimum atomic E-state index is -0.546. The number of methoxy groups -OCH3 is 3. The summed E-state index contributed by atoms with van der Waals surface area (Å²) in [5.74, 6) is 0.847. The van der Waals surface area contributed by atoms with Crippen molar-refractivity contribution in [3.8, 4) is 17.2 Å². The fourth-order valence-electron chi connectivity index (χ4n) is 2.30. The van der Waals surface area contributed by atoms with Crippen molar-refractivity contribution in [2.75, 3.05) is 21.3 Å². The van der Waals surface area contributed by atoms with Gasteiger partial charge in [0.25, 0.3) is 0 Å². The SMILES string of the molecule is COc1ccc(C(=O)OCc2cc(C(C)=O)ccc2OC)c(OC)c1. The average Bonchev–Trinajstić information content (AvgIpc) is 2.64. The van der Waals surface area contributed by atoms with Gasteiger partial charge in [0.05, 0.1) is 21.3 Å². The Labute approximate surface area is 146 Å². The van der Waals surface area contributed by atoms with Gasteiger partial charge in [-0.15, -0.1) is 0 Å². The fourth-order valence-corrected chi connectivity index (χ4v) is 2.30. The summed E-state index contributed by atoms with van der Waals surface area (Å²) in [7, 11) is 4.51. The fraction of sp³-hybridized carbons (Fsp3) is 0.263. The highest BCUT2D eigenvalue weighted by Crippen LogP contribution is 2.26. The molecule has 0 N–H and O–H groups in total. The summed E-state index contributed by atoms with van der Waals surface area (Å²) in [6.45, 7) is 1.44. The van der Waals surface area contributed by atoms with E-state index in [1.807, 2.05) is 0 Å². The molecule has 0 bridgehead atoms. The molecule has 0 unspecified atom stereocenters. The predicted molar refractivity (Wildman–Crippen MR) is 91.7 cm³/mol.